The minimum atomic E-state index is -0.479. The minimum Gasteiger partial charge on any atom is -0.466 e. The van der Waals surface area contributed by atoms with Crippen LogP contribution in [0, 0.1) is 17.3 Å². The third-order valence-electron chi connectivity index (χ3n) is 7.45. The summed E-state index contributed by atoms with van der Waals surface area (Å²) in [7, 11) is 0. The lowest BCUT2D eigenvalue weighted by molar-refractivity contribution is -0.145. The number of allylic oxidation sites excluding steroid dienone is 1. The fourth-order valence-corrected chi connectivity index (χ4v) is 5.07. The highest BCUT2D eigenvalue weighted by Gasteiger charge is 2.33. The maximum atomic E-state index is 12.5. The van der Waals surface area contributed by atoms with Gasteiger partial charge in [0.05, 0.1) is 18.6 Å². The Balaban J connectivity index is 1.84. The van der Waals surface area contributed by atoms with E-state index in [-0.39, 0.29) is 29.1 Å². The molecule has 0 amide bonds. The van der Waals surface area contributed by atoms with E-state index in [1.165, 1.54) is 0 Å². The molecule has 2 unspecified atom stereocenters. The van der Waals surface area contributed by atoms with Crippen molar-refractivity contribution in [1.82, 2.24) is 0 Å². The quantitative estimate of drug-likeness (QED) is 0.170. The molecule has 0 saturated heterocycles. The van der Waals surface area contributed by atoms with Gasteiger partial charge >= 0.3 is 5.97 Å². The maximum absolute atomic E-state index is 12.5. The van der Waals surface area contributed by atoms with Crippen LogP contribution in [-0.2, 0) is 14.3 Å². The van der Waals surface area contributed by atoms with Crippen LogP contribution in [-0.4, -0.2) is 29.6 Å². The van der Waals surface area contributed by atoms with Crippen LogP contribution in [0.3, 0.4) is 0 Å². The summed E-state index contributed by atoms with van der Waals surface area (Å²) < 4.78 is 5.30. The van der Waals surface area contributed by atoms with Crippen molar-refractivity contribution in [3.8, 4) is 0 Å². The number of ether oxygens (including phenoxy) is 1. The van der Waals surface area contributed by atoms with E-state index < -0.39 is 6.10 Å². The predicted octanol–water partition coefficient (Wildman–Crippen LogP) is 7.01. The first-order chi connectivity index (χ1) is 16.3. The number of unbranched alkanes of at least 4 members (excludes halogenated alkanes) is 3. The van der Waals surface area contributed by atoms with Crippen LogP contribution in [0.1, 0.15) is 103 Å². The third-order valence-corrected chi connectivity index (χ3v) is 7.45. The van der Waals surface area contributed by atoms with E-state index in [1.807, 2.05) is 43.3 Å². The Bertz CT molecular complexity index is 767. The smallest absolute Gasteiger partial charge is 0.313 e. The molecular formula is C30H46O4. The van der Waals surface area contributed by atoms with Gasteiger partial charge in [0, 0.05) is 12.3 Å². The van der Waals surface area contributed by atoms with Gasteiger partial charge in [0.1, 0.15) is 5.78 Å². The molecule has 2 rings (SSSR count). The zero-order valence-corrected chi connectivity index (χ0v) is 21.8. The van der Waals surface area contributed by atoms with E-state index in [2.05, 4.69) is 26.8 Å². The first kappa shape index (κ1) is 28.3. The first-order valence-electron chi connectivity index (χ1n) is 13.4. The van der Waals surface area contributed by atoms with Gasteiger partial charge in [0.15, 0.2) is 0 Å². The molecule has 0 spiro atoms. The molecule has 1 fully saturated rings. The normalized spacial score (nSPS) is 20.6. The lowest BCUT2D eigenvalue weighted by atomic mass is 9.80. The molecule has 190 valence electrons. The molecule has 4 nitrogen and oxygen atoms in total. The van der Waals surface area contributed by atoms with Crippen LogP contribution >= 0.6 is 0 Å². The Morgan fingerprint density at radius 2 is 1.88 bits per heavy atom. The van der Waals surface area contributed by atoms with Crippen molar-refractivity contribution in [3.63, 3.8) is 0 Å². The first-order valence-corrected chi connectivity index (χ1v) is 13.4. The average Bonchev–Trinajstić information content (AvgIpc) is 3.18. The van der Waals surface area contributed by atoms with Crippen molar-refractivity contribution in [2.24, 2.45) is 17.3 Å². The largest absolute Gasteiger partial charge is 0.466 e. The number of hydrogen-bond acceptors (Lipinski definition) is 4. The fourth-order valence-electron chi connectivity index (χ4n) is 5.07. The van der Waals surface area contributed by atoms with Crippen molar-refractivity contribution >= 4 is 11.8 Å². The summed E-state index contributed by atoms with van der Waals surface area (Å²) in [6.07, 6.45) is 12.9. The second-order valence-corrected chi connectivity index (χ2v) is 10.6. The van der Waals surface area contributed by atoms with Gasteiger partial charge in [-0.2, -0.15) is 0 Å². The van der Waals surface area contributed by atoms with Gasteiger partial charge in [0.2, 0.25) is 0 Å². The summed E-state index contributed by atoms with van der Waals surface area (Å²) >= 11 is 0. The Kier molecular flexibility index (Phi) is 12.0. The van der Waals surface area contributed by atoms with E-state index in [0.717, 1.165) is 63.4 Å². The number of aliphatic hydroxyl groups is 1. The van der Waals surface area contributed by atoms with Crippen LogP contribution in [0.15, 0.2) is 42.5 Å². The Morgan fingerprint density at radius 1 is 1.15 bits per heavy atom. The number of aliphatic hydroxyl groups excluding tert-OH is 1. The highest BCUT2D eigenvalue weighted by atomic mass is 16.5. The number of rotatable bonds is 15. The van der Waals surface area contributed by atoms with Gasteiger partial charge in [0.25, 0.3) is 0 Å². The van der Waals surface area contributed by atoms with E-state index in [0.29, 0.717) is 18.8 Å². The number of carbonyl (C=O) groups is 2. The highest BCUT2D eigenvalue weighted by Crippen LogP contribution is 2.35. The molecule has 0 radical (unpaired) electrons. The van der Waals surface area contributed by atoms with Crippen molar-refractivity contribution < 1.29 is 19.4 Å². The highest BCUT2D eigenvalue weighted by molar-refractivity contribution is 5.83. The van der Waals surface area contributed by atoms with Gasteiger partial charge in [-0.1, -0.05) is 95.4 Å². The summed E-state index contributed by atoms with van der Waals surface area (Å²) in [6, 6.07) is 9.87. The molecule has 1 saturated carbocycles. The summed E-state index contributed by atoms with van der Waals surface area (Å²) in [6.45, 7) is 8.65. The fraction of sp³-hybridized carbons (Fsp3) is 0.667. The molecule has 1 aliphatic carbocycles. The minimum absolute atomic E-state index is 0.0668. The summed E-state index contributed by atoms with van der Waals surface area (Å²) in [4.78, 5) is 25.0. The standard InChI is InChI=1S/C30H46O4/c1-5-7-22-30(3,4)28(32)21-19-24-18-20-27(31)25(24)16-12-9-13-17-26(29(33)34-6-2)23-14-10-8-11-15-23/h8,10-11,14-15,19,21,24-26,28,32H,5-7,9,12-13,16-18,20,22H2,1-4H3/b21-19+/t24?,25-,26?,28+/m1/s1. The predicted molar refractivity (Wildman–Crippen MR) is 139 cm³/mol. The van der Waals surface area contributed by atoms with Gasteiger partial charge in [-0.3, -0.25) is 9.59 Å². The molecule has 1 aromatic carbocycles. The second kappa shape index (κ2) is 14.5. The molecule has 34 heavy (non-hydrogen) atoms. The molecule has 1 aromatic rings. The van der Waals surface area contributed by atoms with Gasteiger partial charge in [-0.15, -0.1) is 0 Å². The summed E-state index contributed by atoms with van der Waals surface area (Å²) in [5.74, 6) is 0.300. The van der Waals surface area contributed by atoms with Crippen LogP contribution in [0.5, 0.6) is 0 Å². The van der Waals surface area contributed by atoms with Crippen LogP contribution in [0.4, 0.5) is 0 Å². The van der Waals surface area contributed by atoms with E-state index >= 15 is 0 Å². The van der Waals surface area contributed by atoms with Crippen molar-refractivity contribution in [3.05, 3.63) is 48.0 Å². The van der Waals surface area contributed by atoms with Crippen LogP contribution in [0.25, 0.3) is 0 Å². The second-order valence-electron chi connectivity index (χ2n) is 10.6. The number of hydrogen-bond donors (Lipinski definition) is 1. The van der Waals surface area contributed by atoms with Gasteiger partial charge in [-0.25, -0.2) is 0 Å². The van der Waals surface area contributed by atoms with E-state index in [4.69, 9.17) is 4.74 Å². The molecule has 4 atom stereocenters. The Hall–Kier alpha value is -1.94. The monoisotopic (exact) mass is 470 g/mol. The number of benzene rings is 1. The zero-order valence-electron chi connectivity index (χ0n) is 21.8. The summed E-state index contributed by atoms with van der Waals surface area (Å²) in [5, 5.41) is 10.7. The average molecular weight is 471 g/mol. The molecule has 0 aromatic heterocycles. The van der Waals surface area contributed by atoms with Crippen molar-refractivity contribution in [2.45, 2.75) is 104 Å². The number of ketones is 1. The van der Waals surface area contributed by atoms with Gasteiger partial charge < -0.3 is 9.84 Å². The topological polar surface area (TPSA) is 63.6 Å². The lowest BCUT2D eigenvalue weighted by Crippen LogP contribution is -2.27. The molecule has 0 aliphatic heterocycles. The zero-order chi connectivity index (χ0) is 25.0. The molecule has 1 N–H and O–H groups in total. The molecule has 1 aliphatic rings. The molecular weight excluding hydrogens is 424 g/mol. The number of carbonyl (C=O) groups excluding carboxylic acids is 2. The van der Waals surface area contributed by atoms with Gasteiger partial charge in [-0.05, 0) is 49.5 Å². The van der Waals surface area contributed by atoms with Crippen molar-refractivity contribution in [2.75, 3.05) is 6.61 Å². The Morgan fingerprint density at radius 3 is 2.56 bits per heavy atom. The lowest BCUT2D eigenvalue weighted by Gasteiger charge is -2.29. The molecule has 0 heterocycles. The number of esters is 1. The molecule has 4 heteroatoms. The third kappa shape index (κ3) is 8.69. The summed E-state index contributed by atoms with van der Waals surface area (Å²) in [5.41, 5.74) is 0.872. The van der Waals surface area contributed by atoms with Crippen LogP contribution < -0.4 is 0 Å². The SMILES string of the molecule is CCCCC(C)(C)[C@@H](O)/C=C/C1CCC(=O)[C@@H]1CCCCCC(C(=O)OCC)c1ccccc1. The Labute approximate surface area is 207 Å². The molecule has 0 bridgehead atoms. The number of Topliss-reactive ketones (excluding diaryl/α,β-unsaturated/α-hetero) is 1. The van der Waals surface area contributed by atoms with Crippen LogP contribution in [0.2, 0.25) is 0 Å². The maximum Gasteiger partial charge on any atom is 0.313 e. The van der Waals surface area contributed by atoms with Crippen molar-refractivity contribution in [1.29, 1.82) is 0 Å². The van der Waals surface area contributed by atoms with E-state index in [1.54, 1.807) is 0 Å². The van der Waals surface area contributed by atoms with E-state index in [9.17, 15) is 14.7 Å².